The largest absolute Gasteiger partial charge is 0.493 e. The molecule has 206 valence electrons. The van der Waals surface area contributed by atoms with Gasteiger partial charge in [0.2, 0.25) is 0 Å². The second-order valence-corrected chi connectivity index (χ2v) is 10.8. The van der Waals surface area contributed by atoms with Gasteiger partial charge in [-0.25, -0.2) is 4.39 Å². The summed E-state index contributed by atoms with van der Waals surface area (Å²) >= 11 is 0. The maximum Gasteiger partial charge on any atom is 0.161 e. The van der Waals surface area contributed by atoms with E-state index in [1.807, 2.05) is 12.1 Å². The minimum absolute atomic E-state index is 0.111. The first-order valence-electron chi connectivity index (χ1n) is 14.9. The molecule has 2 aromatic rings. The Bertz CT molecular complexity index is 915. The summed E-state index contributed by atoms with van der Waals surface area (Å²) in [5, 5.41) is 0. The highest BCUT2D eigenvalue weighted by Gasteiger charge is 2.29. The van der Waals surface area contributed by atoms with E-state index in [2.05, 4.69) is 24.0 Å². The zero-order chi connectivity index (χ0) is 26.3. The van der Waals surface area contributed by atoms with Crippen molar-refractivity contribution in [1.82, 2.24) is 4.90 Å². The number of unbranched alkanes of at least 4 members (excludes halogenated alkanes) is 12. The van der Waals surface area contributed by atoms with Crippen LogP contribution in [-0.4, -0.2) is 25.7 Å². The lowest BCUT2D eigenvalue weighted by atomic mass is 9.88. The smallest absolute Gasteiger partial charge is 0.161 e. The Morgan fingerprint density at radius 2 is 1.35 bits per heavy atom. The fraction of sp³-hybridized carbons (Fsp3) is 0.636. The summed E-state index contributed by atoms with van der Waals surface area (Å²) in [5.41, 5.74) is 3.43. The maximum atomic E-state index is 14.5. The second-order valence-electron chi connectivity index (χ2n) is 10.8. The van der Waals surface area contributed by atoms with Gasteiger partial charge in [0.05, 0.1) is 14.2 Å². The van der Waals surface area contributed by atoms with Crippen molar-refractivity contribution in [3.05, 3.63) is 58.9 Å². The molecule has 0 fully saturated rings. The second kappa shape index (κ2) is 16.7. The molecule has 0 spiro atoms. The minimum atomic E-state index is -0.111. The molecule has 37 heavy (non-hydrogen) atoms. The fourth-order valence-electron chi connectivity index (χ4n) is 5.81. The summed E-state index contributed by atoms with van der Waals surface area (Å²) in [6.07, 6.45) is 19.7. The third-order valence-electron chi connectivity index (χ3n) is 8.03. The lowest BCUT2D eigenvalue weighted by Crippen LogP contribution is -2.35. The highest BCUT2D eigenvalue weighted by Crippen LogP contribution is 2.40. The first kappa shape index (κ1) is 29.5. The number of nitrogens with zero attached hydrogens (tertiary/aromatic N) is 1. The van der Waals surface area contributed by atoms with Gasteiger partial charge in [0, 0.05) is 24.7 Å². The number of fused-ring (bicyclic) bond motifs is 1. The Morgan fingerprint density at radius 1 is 0.784 bits per heavy atom. The van der Waals surface area contributed by atoms with Gasteiger partial charge in [-0.1, -0.05) is 109 Å². The molecule has 0 bridgehead atoms. The van der Waals surface area contributed by atoms with Crippen molar-refractivity contribution in [3.8, 4) is 11.5 Å². The molecule has 1 aliphatic heterocycles. The van der Waals surface area contributed by atoms with Gasteiger partial charge >= 0.3 is 0 Å². The summed E-state index contributed by atoms with van der Waals surface area (Å²) < 4.78 is 25.7. The number of benzene rings is 2. The molecule has 2 aromatic carbocycles. The van der Waals surface area contributed by atoms with Crippen LogP contribution in [0.15, 0.2) is 36.4 Å². The molecular formula is C33H50FNO2. The van der Waals surface area contributed by atoms with Crippen LogP contribution in [0.5, 0.6) is 11.5 Å². The van der Waals surface area contributed by atoms with Gasteiger partial charge in [-0.15, -0.1) is 0 Å². The van der Waals surface area contributed by atoms with Crippen LogP contribution in [0.25, 0.3) is 0 Å². The topological polar surface area (TPSA) is 21.7 Å². The third kappa shape index (κ3) is 9.32. The van der Waals surface area contributed by atoms with Gasteiger partial charge in [0.1, 0.15) is 5.82 Å². The minimum Gasteiger partial charge on any atom is -0.493 e. The van der Waals surface area contributed by atoms with Crippen LogP contribution in [-0.2, 0) is 13.0 Å². The van der Waals surface area contributed by atoms with Crippen LogP contribution < -0.4 is 9.47 Å². The molecule has 4 heteroatoms. The zero-order valence-corrected chi connectivity index (χ0v) is 23.7. The molecule has 0 radical (unpaired) electrons. The van der Waals surface area contributed by atoms with E-state index in [1.54, 1.807) is 26.4 Å². The number of hydrogen-bond acceptors (Lipinski definition) is 3. The molecule has 1 aliphatic rings. The SMILES string of the molecule is CCCCCCCCCCCCCCCC1c2cc(OC)c(OC)cc2CCN1Cc1ccccc1F. The van der Waals surface area contributed by atoms with Crippen molar-refractivity contribution in [3.63, 3.8) is 0 Å². The number of methoxy groups -OCH3 is 2. The van der Waals surface area contributed by atoms with Crippen molar-refractivity contribution < 1.29 is 13.9 Å². The van der Waals surface area contributed by atoms with Crippen LogP contribution >= 0.6 is 0 Å². The van der Waals surface area contributed by atoms with Gasteiger partial charge in [0.25, 0.3) is 0 Å². The monoisotopic (exact) mass is 511 g/mol. The number of ether oxygens (including phenoxy) is 2. The van der Waals surface area contributed by atoms with E-state index in [-0.39, 0.29) is 11.9 Å². The van der Waals surface area contributed by atoms with E-state index >= 15 is 0 Å². The van der Waals surface area contributed by atoms with E-state index in [1.165, 1.54) is 94.6 Å². The summed E-state index contributed by atoms with van der Waals surface area (Å²) in [6.45, 7) is 3.86. The Labute approximate surface area is 225 Å². The standard InChI is InChI=1S/C33H50FNO2/c1-4-5-6-7-8-9-10-11-12-13-14-15-16-21-31-29-25-33(37-3)32(36-2)24-27(29)22-23-35(31)26-28-19-17-18-20-30(28)34/h17-20,24-25,31H,4-16,21-23,26H2,1-3H3. The van der Waals surface area contributed by atoms with Gasteiger partial charge in [-0.2, -0.15) is 0 Å². The molecule has 0 N–H and O–H groups in total. The first-order valence-corrected chi connectivity index (χ1v) is 14.9. The Hall–Kier alpha value is -2.07. The lowest BCUT2D eigenvalue weighted by Gasteiger charge is -2.38. The fourth-order valence-corrected chi connectivity index (χ4v) is 5.81. The van der Waals surface area contributed by atoms with Crippen molar-refractivity contribution in [1.29, 1.82) is 0 Å². The predicted octanol–water partition coefficient (Wildman–Crippen LogP) is 9.42. The molecule has 0 aromatic heterocycles. The van der Waals surface area contributed by atoms with Crippen LogP contribution in [0.2, 0.25) is 0 Å². The third-order valence-corrected chi connectivity index (χ3v) is 8.03. The van der Waals surface area contributed by atoms with Crippen molar-refractivity contribution in [2.75, 3.05) is 20.8 Å². The van der Waals surface area contributed by atoms with Crippen molar-refractivity contribution in [2.45, 2.75) is 116 Å². The zero-order valence-electron chi connectivity index (χ0n) is 23.7. The quantitative estimate of drug-likeness (QED) is 0.186. The number of rotatable bonds is 18. The van der Waals surface area contributed by atoms with E-state index in [0.717, 1.165) is 36.4 Å². The molecule has 0 saturated heterocycles. The average Bonchev–Trinajstić information content (AvgIpc) is 2.92. The van der Waals surface area contributed by atoms with Crippen LogP contribution in [0.1, 0.15) is 120 Å². The van der Waals surface area contributed by atoms with Crippen molar-refractivity contribution >= 4 is 0 Å². The van der Waals surface area contributed by atoms with Gasteiger partial charge < -0.3 is 9.47 Å². The summed E-state index contributed by atoms with van der Waals surface area (Å²) in [5.74, 6) is 1.47. The Kier molecular flexibility index (Phi) is 13.3. The van der Waals surface area contributed by atoms with Gasteiger partial charge in [-0.05, 0) is 42.2 Å². The molecule has 1 unspecified atom stereocenters. The summed E-state index contributed by atoms with van der Waals surface area (Å²) in [6, 6.07) is 11.8. The maximum absolute atomic E-state index is 14.5. The predicted molar refractivity (Wildman–Crippen MR) is 153 cm³/mol. The van der Waals surface area contributed by atoms with Gasteiger partial charge in [-0.3, -0.25) is 4.90 Å². The molecule has 3 rings (SSSR count). The van der Waals surface area contributed by atoms with E-state index in [0.29, 0.717) is 6.54 Å². The van der Waals surface area contributed by atoms with E-state index in [9.17, 15) is 4.39 Å². The summed E-state index contributed by atoms with van der Waals surface area (Å²) in [4.78, 5) is 2.47. The molecule has 1 atom stereocenters. The number of hydrogen-bond donors (Lipinski definition) is 0. The molecule has 0 aliphatic carbocycles. The van der Waals surface area contributed by atoms with E-state index < -0.39 is 0 Å². The summed E-state index contributed by atoms with van der Waals surface area (Å²) in [7, 11) is 3.40. The number of halogens is 1. The Balaban J connectivity index is 1.50. The highest BCUT2D eigenvalue weighted by molar-refractivity contribution is 5.49. The Morgan fingerprint density at radius 3 is 1.95 bits per heavy atom. The molecule has 0 saturated carbocycles. The molecule has 0 amide bonds. The lowest BCUT2D eigenvalue weighted by molar-refractivity contribution is 0.161. The van der Waals surface area contributed by atoms with Crippen molar-refractivity contribution in [2.24, 2.45) is 0 Å². The first-order chi connectivity index (χ1) is 18.2. The average molecular weight is 512 g/mol. The van der Waals surface area contributed by atoms with E-state index in [4.69, 9.17) is 9.47 Å². The molecule has 1 heterocycles. The molecular weight excluding hydrogens is 461 g/mol. The van der Waals surface area contributed by atoms with Gasteiger partial charge in [0.15, 0.2) is 11.5 Å². The van der Waals surface area contributed by atoms with Crippen LogP contribution in [0.3, 0.4) is 0 Å². The van der Waals surface area contributed by atoms with Crippen LogP contribution in [0, 0.1) is 5.82 Å². The highest BCUT2D eigenvalue weighted by atomic mass is 19.1. The normalized spacial score (nSPS) is 15.5. The van der Waals surface area contributed by atoms with Crippen LogP contribution in [0.4, 0.5) is 4.39 Å². The molecule has 3 nitrogen and oxygen atoms in total.